The third-order valence-corrected chi connectivity index (χ3v) is 4.90. The highest BCUT2D eigenvalue weighted by Crippen LogP contribution is 2.25. The first kappa shape index (κ1) is 20.9. The van der Waals surface area contributed by atoms with Crippen molar-refractivity contribution in [2.75, 3.05) is 37.6 Å². The van der Waals surface area contributed by atoms with Gasteiger partial charge in [-0.15, -0.1) is 0 Å². The molecule has 1 aromatic heterocycles. The Kier molecular flexibility index (Phi) is 6.87. The van der Waals surface area contributed by atoms with E-state index in [4.69, 9.17) is 4.42 Å². The highest BCUT2D eigenvalue weighted by molar-refractivity contribution is 6.35. The summed E-state index contributed by atoms with van der Waals surface area (Å²) in [5, 5.41) is 5.28. The van der Waals surface area contributed by atoms with Crippen molar-refractivity contribution < 1.29 is 18.4 Å². The highest BCUT2D eigenvalue weighted by atomic mass is 19.1. The summed E-state index contributed by atoms with van der Waals surface area (Å²) >= 11 is 0. The average Bonchev–Trinajstić information content (AvgIpc) is 3.23. The Morgan fingerprint density at radius 1 is 1.07 bits per heavy atom. The van der Waals surface area contributed by atoms with Gasteiger partial charge in [-0.05, 0) is 38.1 Å². The Morgan fingerprint density at radius 2 is 1.79 bits per heavy atom. The van der Waals surface area contributed by atoms with Crippen molar-refractivity contribution in [1.29, 1.82) is 0 Å². The van der Waals surface area contributed by atoms with Gasteiger partial charge in [0, 0.05) is 38.8 Å². The smallest absolute Gasteiger partial charge is 0.309 e. The monoisotopic (exact) mass is 402 g/mol. The third kappa shape index (κ3) is 5.35. The first-order chi connectivity index (χ1) is 14.0. The van der Waals surface area contributed by atoms with Crippen LogP contribution < -0.4 is 15.5 Å². The minimum Gasteiger partial charge on any atom is -0.468 e. The second-order valence-corrected chi connectivity index (χ2v) is 7.34. The lowest BCUT2D eigenvalue weighted by molar-refractivity contribution is -0.139. The molecule has 2 N–H and O–H groups in total. The molecule has 1 aliphatic rings. The maximum atomic E-state index is 14.1. The van der Waals surface area contributed by atoms with Gasteiger partial charge >= 0.3 is 11.8 Å². The summed E-state index contributed by atoms with van der Waals surface area (Å²) in [5.74, 6) is -0.830. The predicted molar refractivity (Wildman–Crippen MR) is 108 cm³/mol. The van der Waals surface area contributed by atoms with Gasteiger partial charge in [-0.2, -0.15) is 0 Å². The molecule has 0 radical (unpaired) electrons. The van der Waals surface area contributed by atoms with Crippen LogP contribution in [0, 0.1) is 5.82 Å². The number of hydrogen-bond donors (Lipinski definition) is 2. The number of carbonyl (C=O) groups is 2. The summed E-state index contributed by atoms with van der Waals surface area (Å²) in [4.78, 5) is 28.1. The normalized spacial score (nSPS) is 15.9. The molecule has 0 saturated carbocycles. The zero-order valence-corrected chi connectivity index (χ0v) is 16.7. The Hall–Kier alpha value is -2.87. The van der Waals surface area contributed by atoms with Gasteiger partial charge in [0.2, 0.25) is 0 Å². The molecule has 0 spiro atoms. The van der Waals surface area contributed by atoms with Crippen LogP contribution in [0.2, 0.25) is 0 Å². The molecule has 0 unspecified atom stereocenters. The molecule has 1 atom stereocenters. The number of para-hydroxylation sites is 1. The number of amides is 2. The van der Waals surface area contributed by atoms with Crippen molar-refractivity contribution in [2.24, 2.45) is 0 Å². The fourth-order valence-corrected chi connectivity index (χ4v) is 3.47. The molecule has 7 nitrogen and oxygen atoms in total. The summed E-state index contributed by atoms with van der Waals surface area (Å²) in [6, 6.07) is 10.1. The van der Waals surface area contributed by atoms with Crippen LogP contribution in [-0.2, 0) is 9.59 Å². The van der Waals surface area contributed by atoms with E-state index in [9.17, 15) is 14.0 Å². The van der Waals surface area contributed by atoms with Crippen molar-refractivity contribution in [2.45, 2.75) is 25.9 Å². The van der Waals surface area contributed by atoms with E-state index < -0.39 is 11.8 Å². The number of furan rings is 1. The Morgan fingerprint density at radius 3 is 2.41 bits per heavy atom. The first-order valence-electron chi connectivity index (χ1n) is 9.81. The largest absolute Gasteiger partial charge is 0.468 e. The van der Waals surface area contributed by atoms with Gasteiger partial charge in [-0.1, -0.05) is 12.1 Å². The molecule has 1 saturated heterocycles. The second-order valence-electron chi connectivity index (χ2n) is 7.34. The lowest BCUT2D eigenvalue weighted by Gasteiger charge is -2.39. The van der Waals surface area contributed by atoms with Gasteiger partial charge in [-0.25, -0.2) is 4.39 Å². The van der Waals surface area contributed by atoms with E-state index in [1.165, 1.54) is 6.07 Å². The molecule has 156 valence electrons. The first-order valence-corrected chi connectivity index (χ1v) is 9.81. The number of nitrogens with one attached hydrogen (secondary N) is 2. The quantitative estimate of drug-likeness (QED) is 0.722. The fourth-order valence-electron chi connectivity index (χ4n) is 3.47. The summed E-state index contributed by atoms with van der Waals surface area (Å²) in [5.41, 5.74) is 0.598. The number of nitrogens with zero attached hydrogens (tertiary/aromatic N) is 2. The molecule has 8 heteroatoms. The van der Waals surface area contributed by atoms with Crippen LogP contribution in [0.1, 0.15) is 25.6 Å². The number of halogens is 1. The summed E-state index contributed by atoms with van der Waals surface area (Å²) in [6.07, 6.45) is 1.59. The van der Waals surface area contributed by atoms with Crippen molar-refractivity contribution >= 4 is 17.5 Å². The van der Waals surface area contributed by atoms with Gasteiger partial charge in [0.1, 0.15) is 11.6 Å². The van der Waals surface area contributed by atoms with E-state index in [1.807, 2.05) is 17.0 Å². The Balaban J connectivity index is 1.62. The zero-order chi connectivity index (χ0) is 20.8. The average molecular weight is 402 g/mol. The van der Waals surface area contributed by atoms with E-state index in [2.05, 4.69) is 15.5 Å². The van der Waals surface area contributed by atoms with E-state index >= 15 is 0 Å². The van der Waals surface area contributed by atoms with Gasteiger partial charge in [0.15, 0.2) is 0 Å². The van der Waals surface area contributed by atoms with Gasteiger partial charge in [0.05, 0.1) is 18.0 Å². The lowest BCUT2D eigenvalue weighted by Crippen LogP contribution is -2.51. The van der Waals surface area contributed by atoms with E-state index in [1.54, 1.807) is 38.3 Å². The molecule has 2 aromatic rings. The second kappa shape index (κ2) is 9.56. The van der Waals surface area contributed by atoms with Crippen LogP contribution in [0.15, 0.2) is 47.1 Å². The topological polar surface area (TPSA) is 77.8 Å². The Labute approximate surface area is 169 Å². The van der Waals surface area contributed by atoms with Crippen molar-refractivity contribution in [1.82, 2.24) is 15.5 Å². The zero-order valence-electron chi connectivity index (χ0n) is 16.7. The van der Waals surface area contributed by atoms with Gasteiger partial charge < -0.3 is 20.0 Å². The summed E-state index contributed by atoms with van der Waals surface area (Å²) in [7, 11) is 0. The van der Waals surface area contributed by atoms with E-state index in [-0.39, 0.29) is 24.4 Å². The van der Waals surface area contributed by atoms with Crippen LogP contribution in [-0.4, -0.2) is 55.5 Å². The van der Waals surface area contributed by atoms with Crippen molar-refractivity contribution in [3.05, 3.63) is 54.2 Å². The number of anilines is 1. The number of rotatable bonds is 6. The van der Waals surface area contributed by atoms with Crippen LogP contribution in [0.25, 0.3) is 0 Å². The van der Waals surface area contributed by atoms with Crippen molar-refractivity contribution in [3.63, 3.8) is 0 Å². The maximum absolute atomic E-state index is 14.1. The highest BCUT2D eigenvalue weighted by Gasteiger charge is 2.28. The van der Waals surface area contributed by atoms with Crippen LogP contribution in [0.3, 0.4) is 0 Å². The molecule has 0 bridgehead atoms. The molecule has 29 heavy (non-hydrogen) atoms. The van der Waals surface area contributed by atoms with E-state index in [0.29, 0.717) is 37.6 Å². The third-order valence-electron chi connectivity index (χ3n) is 4.90. The maximum Gasteiger partial charge on any atom is 0.309 e. The lowest BCUT2D eigenvalue weighted by atomic mass is 10.1. The minimum atomic E-state index is -0.666. The predicted octanol–water partition coefficient (Wildman–Crippen LogP) is 1.92. The molecular formula is C21H27FN4O3. The van der Waals surface area contributed by atoms with Crippen molar-refractivity contribution in [3.8, 4) is 0 Å². The van der Waals surface area contributed by atoms with E-state index in [0.717, 1.165) is 0 Å². The molecule has 1 aliphatic heterocycles. The Bertz CT molecular complexity index is 817. The molecule has 2 amide bonds. The number of benzene rings is 1. The summed E-state index contributed by atoms with van der Waals surface area (Å²) in [6.45, 7) is 6.50. The molecule has 2 heterocycles. The molecular weight excluding hydrogens is 375 g/mol. The van der Waals surface area contributed by atoms with Crippen LogP contribution in [0.4, 0.5) is 10.1 Å². The minimum absolute atomic E-state index is 0.111. The molecule has 1 fully saturated rings. The van der Waals surface area contributed by atoms with Crippen LogP contribution in [0.5, 0.6) is 0 Å². The SMILES string of the molecule is CC(C)NC(=O)C(=O)NC[C@H](c1ccco1)N1CCN(c2ccccc2F)CC1. The molecule has 0 aliphatic carbocycles. The number of carbonyl (C=O) groups excluding carboxylic acids is 2. The van der Waals surface area contributed by atoms with Crippen LogP contribution >= 0.6 is 0 Å². The number of hydrogen-bond acceptors (Lipinski definition) is 5. The van der Waals surface area contributed by atoms with Gasteiger partial charge in [-0.3, -0.25) is 14.5 Å². The standard InChI is InChI=1S/C21H27FN4O3/c1-15(2)24-21(28)20(27)23-14-18(19-8-5-13-29-19)26-11-9-25(10-12-26)17-7-4-3-6-16(17)22/h3-8,13,15,18H,9-12,14H2,1-2H3,(H,23,27)(H,24,28)/t18-/m1/s1. The molecule has 3 rings (SSSR count). The summed E-state index contributed by atoms with van der Waals surface area (Å²) < 4.78 is 19.6. The fraction of sp³-hybridized carbons (Fsp3) is 0.429. The number of piperazine rings is 1. The van der Waals surface area contributed by atoms with Gasteiger partial charge in [0.25, 0.3) is 0 Å². The molecule has 1 aromatic carbocycles.